The van der Waals surface area contributed by atoms with Gasteiger partial charge >= 0.3 is 0 Å². The molecule has 0 saturated heterocycles. The lowest BCUT2D eigenvalue weighted by Crippen LogP contribution is -2.15. The van der Waals surface area contributed by atoms with Crippen molar-refractivity contribution in [1.82, 2.24) is 14.8 Å². The van der Waals surface area contributed by atoms with Crippen LogP contribution in [0.3, 0.4) is 0 Å². The summed E-state index contributed by atoms with van der Waals surface area (Å²) in [6, 6.07) is 12.0. The zero-order valence-electron chi connectivity index (χ0n) is 15.0. The summed E-state index contributed by atoms with van der Waals surface area (Å²) >= 11 is 6.97. The average molecular weight is 418 g/mol. The number of hydrogen-bond acceptors (Lipinski definition) is 6. The number of benzene rings is 2. The minimum Gasteiger partial charge on any atom is -0.320 e. The first-order valence-corrected chi connectivity index (χ1v) is 9.54. The number of hydrogen-bond donors (Lipinski definition) is 1. The topological polar surface area (TPSA) is 103 Å². The highest BCUT2D eigenvalue weighted by atomic mass is 35.5. The summed E-state index contributed by atoms with van der Waals surface area (Å²) in [6.07, 6.45) is 0. The van der Waals surface area contributed by atoms with Crippen molar-refractivity contribution in [1.29, 1.82) is 0 Å². The largest absolute Gasteiger partial charge is 0.320 e. The van der Waals surface area contributed by atoms with Gasteiger partial charge in [0.1, 0.15) is 5.69 Å². The van der Waals surface area contributed by atoms with Crippen molar-refractivity contribution in [3.8, 4) is 11.4 Å². The average Bonchev–Trinajstić information content (AvgIpc) is 3.02. The molecule has 0 unspecified atom stereocenters. The molecule has 0 spiro atoms. The molecular formula is C18H16ClN5O3S. The molecule has 0 bridgehead atoms. The van der Waals surface area contributed by atoms with Crippen molar-refractivity contribution in [2.75, 3.05) is 11.1 Å². The number of aromatic nitrogens is 3. The van der Waals surface area contributed by atoms with E-state index in [1.807, 2.05) is 38.2 Å². The van der Waals surface area contributed by atoms with Crippen LogP contribution >= 0.6 is 23.4 Å². The fourth-order valence-electron chi connectivity index (χ4n) is 2.47. The predicted octanol–water partition coefficient (Wildman–Crippen LogP) is 4.08. The number of anilines is 1. The third-order valence-corrected chi connectivity index (χ3v) is 5.16. The predicted molar refractivity (Wildman–Crippen MR) is 109 cm³/mol. The van der Waals surface area contributed by atoms with Crippen LogP contribution in [-0.4, -0.2) is 31.3 Å². The summed E-state index contributed by atoms with van der Waals surface area (Å²) < 4.78 is 1.80. The Morgan fingerprint density at radius 3 is 2.64 bits per heavy atom. The molecule has 28 heavy (non-hydrogen) atoms. The van der Waals surface area contributed by atoms with E-state index in [4.69, 9.17) is 11.6 Å². The van der Waals surface area contributed by atoms with Crippen LogP contribution in [0.5, 0.6) is 0 Å². The minimum atomic E-state index is -0.592. The van der Waals surface area contributed by atoms with Crippen LogP contribution in [0.1, 0.15) is 5.56 Å². The molecule has 3 aromatic rings. The molecule has 0 saturated carbocycles. The SMILES string of the molecule is Cc1ccc(-c2nnc(SCC(=O)Nc3ccc(Cl)cc3[N+](=O)[O-])n2C)cc1. The second kappa shape index (κ2) is 8.41. The fourth-order valence-corrected chi connectivity index (χ4v) is 3.35. The number of halogens is 1. The molecule has 10 heteroatoms. The van der Waals surface area contributed by atoms with Crippen LogP contribution in [0.4, 0.5) is 11.4 Å². The van der Waals surface area contributed by atoms with Crippen LogP contribution in [0.2, 0.25) is 5.02 Å². The molecule has 0 fully saturated rings. The third-order valence-electron chi connectivity index (χ3n) is 3.91. The van der Waals surface area contributed by atoms with Gasteiger partial charge < -0.3 is 9.88 Å². The molecule has 0 aliphatic rings. The van der Waals surface area contributed by atoms with Gasteiger partial charge in [-0.05, 0) is 19.1 Å². The van der Waals surface area contributed by atoms with Gasteiger partial charge in [-0.1, -0.05) is 53.2 Å². The van der Waals surface area contributed by atoms with E-state index < -0.39 is 10.8 Å². The number of carbonyl (C=O) groups excluding carboxylic acids is 1. The number of nitrogens with one attached hydrogen (secondary N) is 1. The van der Waals surface area contributed by atoms with Crippen LogP contribution in [-0.2, 0) is 11.8 Å². The van der Waals surface area contributed by atoms with Crippen LogP contribution in [0.25, 0.3) is 11.4 Å². The molecule has 0 aliphatic heterocycles. The molecule has 1 heterocycles. The number of aryl methyl sites for hydroxylation is 1. The van der Waals surface area contributed by atoms with Crippen molar-refractivity contribution in [3.05, 3.63) is 63.2 Å². The van der Waals surface area contributed by atoms with Gasteiger partial charge in [-0.25, -0.2) is 0 Å². The Balaban J connectivity index is 1.67. The lowest BCUT2D eigenvalue weighted by atomic mass is 10.1. The number of rotatable bonds is 6. The maximum absolute atomic E-state index is 12.2. The molecule has 2 aromatic carbocycles. The number of carbonyl (C=O) groups is 1. The molecule has 1 amide bonds. The first kappa shape index (κ1) is 19.8. The van der Waals surface area contributed by atoms with Crippen LogP contribution < -0.4 is 5.32 Å². The standard InChI is InChI=1S/C18H16ClN5O3S/c1-11-3-5-12(6-4-11)17-21-22-18(23(17)2)28-10-16(25)20-14-8-7-13(19)9-15(14)24(26)27/h3-9H,10H2,1-2H3,(H,20,25). The number of nitro benzene ring substituents is 1. The van der Waals surface area contributed by atoms with Gasteiger partial charge in [0.05, 0.1) is 10.7 Å². The Bertz CT molecular complexity index is 1040. The second-order valence-electron chi connectivity index (χ2n) is 5.99. The lowest BCUT2D eigenvalue weighted by Gasteiger charge is -2.07. The first-order chi connectivity index (χ1) is 13.3. The molecule has 3 rings (SSSR count). The molecule has 1 N–H and O–H groups in total. The quantitative estimate of drug-likeness (QED) is 0.368. The Morgan fingerprint density at radius 1 is 1.25 bits per heavy atom. The number of nitro groups is 1. The molecule has 1 aromatic heterocycles. The highest BCUT2D eigenvalue weighted by molar-refractivity contribution is 7.99. The molecule has 8 nitrogen and oxygen atoms in total. The van der Waals surface area contributed by atoms with E-state index in [1.54, 1.807) is 4.57 Å². The Kier molecular flexibility index (Phi) is 5.96. The van der Waals surface area contributed by atoms with Crippen molar-refractivity contribution in [2.24, 2.45) is 7.05 Å². The van der Waals surface area contributed by atoms with Crippen LogP contribution in [0.15, 0.2) is 47.6 Å². The van der Waals surface area contributed by atoms with Crippen molar-refractivity contribution >= 4 is 40.6 Å². The van der Waals surface area contributed by atoms with E-state index in [-0.39, 0.29) is 22.2 Å². The van der Waals surface area contributed by atoms with Gasteiger partial charge in [-0.15, -0.1) is 10.2 Å². The van der Waals surface area contributed by atoms with E-state index in [0.29, 0.717) is 11.0 Å². The van der Waals surface area contributed by atoms with Gasteiger partial charge in [0.25, 0.3) is 5.69 Å². The van der Waals surface area contributed by atoms with E-state index in [1.165, 1.54) is 30.0 Å². The highest BCUT2D eigenvalue weighted by Gasteiger charge is 2.18. The van der Waals surface area contributed by atoms with E-state index in [2.05, 4.69) is 15.5 Å². The summed E-state index contributed by atoms with van der Waals surface area (Å²) in [7, 11) is 1.82. The fraction of sp³-hybridized carbons (Fsp3) is 0.167. The maximum Gasteiger partial charge on any atom is 0.294 e. The van der Waals surface area contributed by atoms with E-state index in [0.717, 1.165) is 11.1 Å². The van der Waals surface area contributed by atoms with Gasteiger partial charge in [0.15, 0.2) is 11.0 Å². The Morgan fingerprint density at radius 2 is 1.96 bits per heavy atom. The summed E-state index contributed by atoms with van der Waals surface area (Å²) in [5.74, 6) is 0.325. The summed E-state index contributed by atoms with van der Waals surface area (Å²) in [4.78, 5) is 22.7. The molecule has 144 valence electrons. The molecule has 0 atom stereocenters. The first-order valence-electron chi connectivity index (χ1n) is 8.18. The van der Waals surface area contributed by atoms with Crippen molar-refractivity contribution in [3.63, 3.8) is 0 Å². The third kappa shape index (κ3) is 4.49. The van der Waals surface area contributed by atoms with Crippen molar-refractivity contribution < 1.29 is 9.72 Å². The molecular weight excluding hydrogens is 402 g/mol. The van der Waals surface area contributed by atoms with E-state index >= 15 is 0 Å². The van der Waals surface area contributed by atoms with Gasteiger partial charge in [0.2, 0.25) is 5.91 Å². The summed E-state index contributed by atoms with van der Waals surface area (Å²) in [5, 5.41) is 22.7. The smallest absolute Gasteiger partial charge is 0.294 e. The van der Waals surface area contributed by atoms with Gasteiger partial charge in [0, 0.05) is 23.7 Å². The highest BCUT2D eigenvalue weighted by Crippen LogP contribution is 2.28. The number of amides is 1. The summed E-state index contributed by atoms with van der Waals surface area (Å²) in [6.45, 7) is 2.01. The van der Waals surface area contributed by atoms with Gasteiger partial charge in [-0.2, -0.15) is 0 Å². The summed E-state index contributed by atoms with van der Waals surface area (Å²) in [5.41, 5.74) is 1.91. The van der Waals surface area contributed by atoms with Gasteiger partial charge in [-0.3, -0.25) is 14.9 Å². The second-order valence-corrected chi connectivity index (χ2v) is 7.37. The maximum atomic E-state index is 12.2. The van der Waals surface area contributed by atoms with Crippen LogP contribution in [0, 0.1) is 17.0 Å². The molecule has 0 aliphatic carbocycles. The zero-order valence-corrected chi connectivity index (χ0v) is 16.6. The number of thioether (sulfide) groups is 1. The van der Waals surface area contributed by atoms with E-state index in [9.17, 15) is 14.9 Å². The van der Waals surface area contributed by atoms with Crippen molar-refractivity contribution in [2.45, 2.75) is 12.1 Å². The monoisotopic (exact) mass is 417 g/mol. The zero-order chi connectivity index (χ0) is 20.3. The normalized spacial score (nSPS) is 10.7. The number of nitrogens with zero attached hydrogens (tertiary/aromatic N) is 4. The molecule has 0 radical (unpaired) electrons. The Labute approximate surface area is 170 Å². The minimum absolute atomic E-state index is 0.0274. The Hall–Kier alpha value is -2.91. The lowest BCUT2D eigenvalue weighted by molar-refractivity contribution is -0.383.